The molecule has 0 spiro atoms. The van der Waals surface area contributed by atoms with Crippen LogP contribution >= 0.6 is 11.3 Å². The Morgan fingerprint density at radius 2 is 1.92 bits per heavy atom. The Kier molecular flexibility index (Phi) is 7.29. The first-order valence-corrected chi connectivity index (χ1v) is 10.3. The van der Waals surface area contributed by atoms with Crippen LogP contribution in [0.25, 0.3) is 0 Å². The summed E-state index contributed by atoms with van der Waals surface area (Å²) >= 11 is 1.70. The van der Waals surface area contributed by atoms with Crippen LogP contribution in [-0.2, 0) is 6.54 Å². The van der Waals surface area contributed by atoms with Gasteiger partial charge in [-0.05, 0) is 37.8 Å². The van der Waals surface area contributed by atoms with Crippen LogP contribution in [0.2, 0.25) is 0 Å². The molecular weight excluding hydrogens is 344 g/mol. The van der Waals surface area contributed by atoms with Crippen molar-refractivity contribution in [3.05, 3.63) is 21.9 Å². The number of hydrogen-bond donors (Lipinski definition) is 2. The Balaban J connectivity index is 1.96. The maximum absolute atomic E-state index is 9.73. The van der Waals surface area contributed by atoms with Gasteiger partial charge in [0.15, 0.2) is 0 Å². The third-order valence-electron chi connectivity index (χ3n) is 4.36. The van der Waals surface area contributed by atoms with Crippen LogP contribution in [0.1, 0.15) is 50.8 Å². The second-order valence-electron chi connectivity index (χ2n) is 9.01. The number of aliphatic hydroxyl groups is 2. The van der Waals surface area contributed by atoms with Gasteiger partial charge in [0.2, 0.25) is 0 Å². The van der Waals surface area contributed by atoms with Gasteiger partial charge in [-0.15, -0.1) is 11.3 Å². The maximum Gasteiger partial charge on any atom is 0.120 e. The second kappa shape index (κ2) is 8.86. The van der Waals surface area contributed by atoms with Crippen molar-refractivity contribution in [2.75, 3.05) is 32.8 Å². The zero-order chi connectivity index (χ0) is 19.4. The van der Waals surface area contributed by atoms with E-state index in [1.54, 1.807) is 25.2 Å². The Hall–Kier alpha value is -0.900. The van der Waals surface area contributed by atoms with Crippen molar-refractivity contribution in [2.45, 2.75) is 59.2 Å². The van der Waals surface area contributed by atoms with Crippen molar-refractivity contribution in [3.8, 4) is 11.8 Å². The summed E-state index contributed by atoms with van der Waals surface area (Å²) in [4.78, 5) is 7.33. The fraction of sp³-hybridized carbons (Fsp3) is 0.714. The van der Waals surface area contributed by atoms with Crippen LogP contribution in [0.4, 0.5) is 0 Å². The molecular formula is C21H34N2O2S. The first kappa shape index (κ1) is 21.4. The standard InChI is InChI=1S/C21H34N2O2S/c1-20(2,3)16-23-12-11-22(14-17(23)9-13-24)15-19-7-6-18(26-19)8-10-21(4,5)25/h6-7,17,24-25H,9,11-16H2,1-5H3. The molecule has 1 aromatic heterocycles. The van der Waals surface area contributed by atoms with Gasteiger partial charge >= 0.3 is 0 Å². The molecule has 0 amide bonds. The largest absolute Gasteiger partial charge is 0.396 e. The molecule has 1 saturated heterocycles. The van der Waals surface area contributed by atoms with Crippen molar-refractivity contribution in [2.24, 2.45) is 5.41 Å². The van der Waals surface area contributed by atoms with Gasteiger partial charge in [0.05, 0.1) is 4.88 Å². The van der Waals surface area contributed by atoms with Crippen molar-refractivity contribution < 1.29 is 10.2 Å². The lowest BCUT2D eigenvalue weighted by molar-refractivity contribution is 0.0344. The molecule has 2 rings (SSSR count). The predicted molar refractivity (Wildman–Crippen MR) is 109 cm³/mol. The smallest absolute Gasteiger partial charge is 0.120 e. The number of nitrogens with zero attached hydrogens (tertiary/aromatic N) is 2. The highest BCUT2D eigenvalue weighted by atomic mass is 32.1. The van der Waals surface area contributed by atoms with Crippen molar-refractivity contribution in [3.63, 3.8) is 0 Å². The Bertz CT molecular complexity index is 631. The molecule has 1 fully saturated rings. The highest BCUT2D eigenvalue weighted by Crippen LogP contribution is 2.24. The Labute approximate surface area is 162 Å². The summed E-state index contributed by atoms with van der Waals surface area (Å²) < 4.78 is 0. The number of rotatable bonds is 5. The average molecular weight is 379 g/mol. The van der Waals surface area contributed by atoms with Gasteiger partial charge in [0.25, 0.3) is 0 Å². The molecule has 0 saturated carbocycles. The van der Waals surface area contributed by atoms with Crippen molar-refractivity contribution in [1.82, 2.24) is 9.80 Å². The minimum atomic E-state index is -0.953. The predicted octanol–water partition coefficient (Wildman–Crippen LogP) is 2.79. The quantitative estimate of drug-likeness (QED) is 0.774. The minimum Gasteiger partial charge on any atom is -0.396 e. The number of aliphatic hydroxyl groups excluding tert-OH is 1. The molecule has 1 aliphatic heterocycles. The summed E-state index contributed by atoms with van der Waals surface area (Å²) in [6, 6.07) is 4.60. The van der Waals surface area contributed by atoms with Crippen molar-refractivity contribution in [1.29, 1.82) is 0 Å². The van der Waals surface area contributed by atoms with Crippen LogP contribution < -0.4 is 0 Å². The van der Waals surface area contributed by atoms with Gasteiger partial charge in [0, 0.05) is 50.2 Å². The van der Waals surface area contributed by atoms with E-state index in [2.05, 4.69) is 48.5 Å². The lowest BCUT2D eigenvalue weighted by atomic mass is 9.94. The highest BCUT2D eigenvalue weighted by molar-refractivity contribution is 7.12. The van der Waals surface area contributed by atoms with Crippen LogP contribution in [0.5, 0.6) is 0 Å². The first-order valence-electron chi connectivity index (χ1n) is 9.47. The molecule has 1 aromatic rings. The van der Waals surface area contributed by atoms with Crippen LogP contribution in [-0.4, -0.2) is 64.4 Å². The lowest BCUT2D eigenvalue weighted by Gasteiger charge is -2.43. The Morgan fingerprint density at radius 1 is 1.19 bits per heavy atom. The summed E-state index contributed by atoms with van der Waals surface area (Å²) in [6.45, 7) is 15.6. The van der Waals surface area contributed by atoms with E-state index in [0.717, 1.165) is 44.0 Å². The van der Waals surface area contributed by atoms with E-state index >= 15 is 0 Å². The van der Waals surface area contributed by atoms with E-state index < -0.39 is 5.60 Å². The second-order valence-corrected chi connectivity index (χ2v) is 10.2. The summed E-state index contributed by atoms with van der Waals surface area (Å²) in [5, 5.41) is 19.2. The van der Waals surface area contributed by atoms with Gasteiger partial charge in [-0.2, -0.15) is 0 Å². The number of piperazine rings is 1. The fourth-order valence-electron chi connectivity index (χ4n) is 3.31. The van der Waals surface area contributed by atoms with Crippen LogP contribution in [0.15, 0.2) is 12.1 Å². The van der Waals surface area contributed by atoms with E-state index in [0.29, 0.717) is 6.04 Å². The third-order valence-corrected chi connectivity index (χ3v) is 5.35. The molecule has 0 bridgehead atoms. The summed E-state index contributed by atoms with van der Waals surface area (Å²) in [5.74, 6) is 5.94. The maximum atomic E-state index is 9.73. The number of thiophene rings is 1. The summed E-state index contributed by atoms with van der Waals surface area (Å²) in [7, 11) is 0. The average Bonchev–Trinajstić information content (AvgIpc) is 2.94. The zero-order valence-electron chi connectivity index (χ0n) is 16.9. The molecule has 26 heavy (non-hydrogen) atoms. The van der Waals surface area contributed by atoms with Crippen molar-refractivity contribution >= 4 is 11.3 Å². The van der Waals surface area contributed by atoms with E-state index in [1.165, 1.54) is 4.88 Å². The molecule has 1 atom stereocenters. The summed E-state index contributed by atoms with van der Waals surface area (Å²) in [6.07, 6.45) is 0.833. The van der Waals surface area contributed by atoms with E-state index in [9.17, 15) is 10.2 Å². The van der Waals surface area contributed by atoms with Gasteiger partial charge in [-0.3, -0.25) is 9.80 Å². The molecule has 2 N–H and O–H groups in total. The van der Waals surface area contributed by atoms with E-state index in [1.807, 2.05) is 6.07 Å². The van der Waals surface area contributed by atoms with E-state index in [4.69, 9.17) is 0 Å². The van der Waals surface area contributed by atoms with Gasteiger partial charge in [-0.1, -0.05) is 32.6 Å². The minimum absolute atomic E-state index is 0.245. The van der Waals surface area contributed by atoms with E-state index in [-0.39, 0.29) is 12.0 Å². The van der Waals surface area contributed by atoms with Gasteiger partial charge in [-0.25, -0.2) is 0 Å². The molecule has 1 unspecified atom stereocenters. The molecule has 1 aliphatic rings. The highest BCUT2D eigenvalue weighted by Gasteiger charge is 2.29. The molecule has 4 nitrogen and oxygen atoms in total. The van der Waals surface area contributed by atoms with Crippen LogP contribution in [0, 0.1) is 17.3 Å². The van der Waals surface area contributed by atoms with Crippen LogP contribution in [0.3, 0.4) is 0 Å². The SMILES string of the molecule is CC(C)(O)C#Cc1ccc(CN2CCN(CC(C)(C)C)C(CCO)C2)s1. The van der Waals surface area contributed by atoms with Gasteiger partial charge < -0.3 is 10.2 Å². The summed E-state index contributed by atoms with van der Waals surface area (Å²) in [5.41, 5.74) is -0.678. The fourth-order valence-corrected chi connectivity index (χ4v) is 4.21. The normalized spacial score (nSPS) is 20.0. The third kappa shape index (κ3) is 7.38. The molecule has 0 aromatic carbocycles. The van der Waals surface area contributed by atoms with Gasteiger partial charge in [0.1, 0.15) is 5.60 Å². The topological polar surface area (TPSA) is 46.9 Å². The monoisotopic (exact) mass is 378 g/mol. The zero-order valence-corrected chi connectivity index (χ0v) is 17.7. The molecule has 5 heteroatoms. The molecule has 146 valence electrons. The molecule has 2 heterocycles. The Morgan fingerprint density at radius 3 is 2.54 bits per heavy atom. The number of hydrogen-bond acceptors (Lipinski definition) is 5. The first-order chi connectivity index (χ1) is 12.1. The molecule has 0 radical (unpaired) electrons. The molecule has 0 aliphatic carbocycles. The lowest BCUT2D eigenvalue weighted by Crippen LogP contribution is -2.54.